The number of amides is 2. The van der Waals surface area contributed by atoms with Crippen molar-refractivity contribution in [2.45, 2.75) is 13.0 Å². The first-order valence-electron chi connectivity index (χ1n) is 8.73. The van der Waals surface area contributed by atoms with Gasteiger partial charge in [0, 0.05) is 36.8 Å². The van der Waals surface area contributed by atoms with Gasteiger partial charge in [0.05, 0.1) is 0 Å². The first-order valence-corrected chi connectivity index (χ1v) is 9.11. The first kappa shape index (κ1) is 19.0. The summed E-state index contributed by atoms with van der Waals surface area (Å²) in [5, 5.41) is 9.89. The molecule has 0 aliphatic carbocycles. The Morgan fingerprint density at radius 3 is 2.11 bits per heavy atom. The Bertz CT molecular complexity index is 800. The van der Waals surface area contributed by atoms with Crippen LogP contribution in [0.1, 0.15) is 17.3 Å². The predicted molar refractivity (Wildman–Crippen MR) is 102 cm³/mol. The lowest BCUT2D eigenvalue weighted by Gasteiger charge is -2.36. The number of carbonyl (C=O) groups is 2. The number of carbonyl (C=O) groups excluding carboxylic acids is 2. The standard InChI is InChI=1S/C20H21ClN2O4/c1-14(27-18-8-6-17(24)7-9-18)19(25)22-10-12-23(13-11-22)20(26)15-2-4-16(21)5-3-15/h2-9,14,24H,10-13H2,1H3. The largest absolute Gasteiger partial charge is 0.508 e. The highest BCUT2D eigenvalue weighted by molar-refractivity contribution is 6.30. The monoisotopic (exact) mass is 388 g/mol. The van der Waals surface area contributed by atoms with E-state index in [1.165, 1.54) is 12.1 Å². The fourth-order valence-electron chi connectivity index (χ4n) is 2.94. The molecule has 0 radical (unpaired) electrons. The number of hydrogen-bond donors (Lipinski definition) is 1. The van der Waals surface area contributed by atoms with Crippen LogP contribution in [0.15, 0.2) is 48.5 Å². The van der Waals surface area contributed by atoms with Gasteiger partial charge in [0.25, 0.3) is 11.8 Å². The molecule has 0 aromatic heterocycles. The zero-order chi connectivity index (χ0) is 19.4. The fraction of sp³-hybridized carbons (Fsp3) is 0.300. The summed E-state index contributed by atoms with van der Waals surface area (Å²) in [6, 6.07) is 13.0. The number of piperazine rings is 1. The molecule has 2 amide bonds. The third kappa shape index (κ3) is 4.71. The maximum Gasteiger partial charge on any atom is 0.263 e. The number of halogens is 1. The molecule has 1 aliphatic heterocycles. The lowest BCUT2D eigenvalue weighted by molar-refractivity contribution is -0.139. The number of nitrogens with zero attached hydrogens (tertiary/aromatic N) is 2. The van der Waals surface area contributed by atoms with Gasteiger partial charge in [-0.3, -0.25) is 9.59 Å². The van der Waals surface area contributed by atoms with E-state index in [0.717, 1.165) is 0 Å². The highest BCUT2D eigenvalue weighted by Crippen LogP contribution is 2.18. The molecule has 2 aromatic carbocycles. The average molecular weight is 389 g/mol. The van der Waals surface area contributed by atoms with Gasteiger partial charge < -0.3 is 19.6 Å². The van der Waals surface area contributed by atoms with E-state index in [1.807, 2.05) is 0 Å². The second kappa shape index (κ2) is 8.31. The van der Waals surface area contributed by atoms with Crippen molar-refractivity contribution in [2.24, 2.45) is 0 Å². The molecule has 0 bridgehead atoms. The van der Waals surface area contributed by atoms with Crippen molar-refractivity contribution in [1.29, 1.82) is 0 Å². The zero-order valence-electron chi connectivity index (χ0n) is 15.0. The second-order valence-corrected chi connectivity index (χ2v) is 6.81. The zero-order valence-corrected chi connectivity index (χ0v) is 15.7. The Labute approximate surface area is 162 Å². The summed E-state index contributed by atoms with van der Waals surface area (Å²) < 4.78 is 5.64. The Hall–Kier alpha value is -2.73. The van der Waals surface area contributed by atoms with Crippen molar-refractivity contribution >= 4 is 23.4 Å². The number of phenols is 1. The van der Waals surface area contributed by atoms with Crippen LogP contribution >= 0.6 is 11.6 Å². The average Bonchev–Trinajstić information content (AvgIpc) is 2.69. The van der Waals surface area contributed by atoms with Crippen LogP contribution < -0.4 is 4.74 Å². The number of hydrogen-bond acceptors (Lipinski definition) is 4. The fourth-order valence-corrected chi connectivity index (χ4v) is 3.07. The summed E-state index contributed by atoms with van der Waals surface area (Å²) in [5.74, 6) is 0.474. The van der Waals surface area contributed by atoms with Gasteiger partial charge in [-0.15, -0.1) is 0 Å². The highest BCUT2D eigenvalue weighted by atomic mass is 35.5. The molecule has 3 rings (SSSR count). The van der Waals surface area contributed by atoms with E-state index in [9.17, 15) is 14.7 Å². The Kier molecular flexibility index (Phi) is 5.86. The molecule has 1 saturated heterocycles. The Morgan fingerprint density at radius 2 is 1.52 bits per heavy atom. The number of aromatic hydroxyl groups is 1. The van der Waals surface area contributed by atoms with Crippen LogP contribution in [0.4, 0.5) is 0 Å². The summed E-state index contributed by atoms with van der Waals surface area (Å²) in [5.41, 5.74) is 0.586. The minimum atomic E-state index is -0.645. The van der Waals surface area contributed by atoms with E-state index in [-0.39, 0.29) is 17.6 Å². The molecular formula is C20H21ClN2O4. The molecule has 0 spiro atoms. The SMILES string of the molecule is CC(Oc1ccc(O)cc1)C(=O)N1CCN(C(=O)c2ccc(Cl)cc2)CC1. The molecule has 1 fully saturated rings. The number of ether oxygens (including phenoxy) is 1. The Balaban J connectivity index is 1.53. The van der Waals surface area contributed by atoms with Crippen molar-refractivity contribution in [3.8, 4) is 11.5 Å². The molecule has 1 heterocycles. The van der Waals surface area contributed by atoms with Gasteiger partial charge >= 0.3 is 0 Å². The van der Waals surface area contributed by atoms with Gasteiger partial charge in [-0.1, -0.05) is 11.6 Å². The van der Waals surface area contributed by atoms with E-state index in [4.69, 9.17) is 16.3 Å². The molecule has 2 aromatic rings. The minimum absolute atomic E-state index is 0.0628. The molecule has 142 valence electrons. The van der Waals surface area contributed by atoms with E-state index in [0.29, 0.717) is 42.5 Å². The van der Waals surface area contributed by atoms with Gasteiger partial charge in [0.15, 0.2) is 6.10 Å². The van der Waals surface area contributed by atoms with Crippen molar-refractivity contribution in [3.63, 3.8) is 0 Å². The summed E-state index contributed by atoms with van der Waals surface area (Å²) in [6.45, 7) is 3.56. The van der Waals surface area contributed by atoms with Gasteiger partial charge in [0.2, 0.25) is 0 Å². The van der Waals surface area contributed by atoms with Crippen molar-refractivity contribution in [1.82, 2.24) is 9.80 Å². The van der Waals surface area contributed by atoms with Gasteiger partial charge in [-0.25, -0.2) is 0 Å². The summed E-state index contributed by atoms with van der Waals surface area (Å²) >= 11 is 5.86. The maximum atomic E-state index is 12.6. The summed E-state index contributed by atoms with van der Waals surface area (Å²) in [7, 11) is 0. The topological polar surface area (TPSA) is 70.1 Å². The smallest absolute Gasteiger partial charge is 0.263 e. The van der Waals surface area contributed by atoms with Crippen molar-refractivity contribution < 1.29 is 19.4 Å². The maximum absolute atomic E-state index is 12.6. The van der Waals surface area contributed by atoms with Crippen LogP contribution in [0.25, 0.3) is 0 Å². The first-order chi connectivity index (χ1) is 12.9. The van der Waals surface area contributed by atoms with E-state index < -0.39 is 6.10 Å². The second-order valence-electron chi connectivity index (χ2n) is 6.38. The molecule has 1 unspecified atom stereocenters. The molecule has 1 atom stereocenters. The summed E-state index contributed by atoms with van der Waals surface area (Å²) in [6.07, 6.45) is -0.645. The third-order valence-electron chi connectivity index (χ3n) is 4.47. The third-order valence-corrected chi connectivity index (χ3v) is 4.72. The van der Waals surface area contributed by atoms with Crippen LogP contribution in [-0.2, 0) is 4.79 Å². The predicted octanol–water partition coefficient (Wildman–Crippen LogP) is 2.80. The molecule has 1 aliphatic rings. The van der Waals surface area contributed by atoms with E-state index in [1.54, 1.807) is 53.1 Å². The lowest BCUT2D eigenvalue weighted by atomic mass is 10.1. The van der Waals surface area contributed by atoms with Crippen molar-refractivity contribution in [2.75, 3.05) is 26.2 Å². The normalized spacial score (nSPS) is 15.3. The number of rotatable bonds is 4. The number of phenolic OH excluding ortho intramolecular Hbond substituents is 1. The summed E-state index contributed by atoms with van der Waals surface area (Å²) in [4.78, 5) is 28.6. The number of benzene rings is 2. The van der Waals surface area contributed by atoms with Crippen LogP contribution in [0.5, 0.6) is 11.5 Å². The highest BCUT2D eigenvalue weighted by Gasteiger charge is 2.28. The molecule has 27 heavy (non-hydrogen) atoms. The van der Waals surface area contributed by atoms with Gasteiger partial charge in [0.1, 0.15) is 11.5 Å². The molecule has 7 heteroatoms. The van der Waals surface area contributed by atoms with Crippen molar-refractivity contribution in [3.05, 3.63) is 59.1 Å². The van der Waals surface area contributed by atoms with Crippen LogP contribution in [-0.4, -0.2) is 59.0 Å². The quantitative estimate of drug-likeness (QED) is 0.874. The van der Waals surface area contributed by atoms with Crippen LogP contribution in [0.2, 0.25) is 5.02 Å². The Morgan fingerprint density at radius 1 is 0.963 bits per heavy atom. The molecular weight excluding hydrogens is 368 g/mol. The minimum Gasteiger partial charge on any atom is -0.508 e. The van der Waals surface area contributed by atoms with E-state index in [2.05, 4.69) is 0 Å². The van der Waals surface area contributed by atoms with Crippen LogP contribution in [0, 0.1) is 0 Å². The lowest BCUT2D eigenvalue weighted by Crippen LogP contribution is -2.53. The molecule has 1 N–H and O–H groups in total. The van der Waals surface area contributed by atoms with Gasteiger partial charge in [-0.2, -0.15) is 0 Å². The molecule has 6 nitrogen and oxygen atoms in total. The van der Waals surface area contributed by atoms with Gasteiger partial charge in [-0.05, 0) is 55.5 Å². The van der Waals surface area contributed by atoms with Crippen LogP contribution in [0.3, 0.4) is 0 Å². The molecule has 0 saturated carbocycles. The van der Waals surface area contributed by atoms with E-state index >= 15 is 0 Å².